The van der Waals surface area contributed by atoms with E-state index in [9.17, 15) is 13.6 Å². The van der Waals surface area contributed by atoms with Gasteiger partial charge >= 0.3 is 0 Å². The van der Waals surface area contributed by atoms with Crippen molar-refractivity contribution in [3.8, 4) is 0 Å². The monoisotopic (exact) mass is 481 g/mol. The summed E-state index contributed by atoms with van der Waals surface area (Å²) in [6.45, 7) is 2.77. The van der Waals surface area contributed by atoms with E-state index in [-0.39, 0.29) is 22.7 Å². The van der Waals surface area contributed by atoms with Crippen molar-refractivity contribution in [2.75, 3.05) is 18.4 Å². The van der Waals surface area contributed by atoms with Gasteiger partial charge in [-0.3, -0.25) is 4.79 Å². The highest BCUT2D eigenvalue weighted by Crippen LogP contribution is 2.32. The van der Waals surface area contributed by atoms with Gasteiger partial charge in [0.1, 0.15) is 23.0 Å². The van der Waals surface area contributed by atoms with Gasteiger partial charge in [0.2, 0.25) is 0 Å². The van der Waals surface area contributed by atoms with E-state index in [1.54, 1.807) is 30.2 Å². The van der Waals surface area contributed by atoms with Gasteiger partial charge in [0, 0.05) is 25.4 Å². The largest absolute Gasteiger partial charge is 0.338 e. The standard InChI is InChI=1S/C25H22ClF2N5O/c1-15-12-22(20(26)13-21(15)28)31-24-19(14-29-23-6-9-30-33(23)24)25(34)32-10-7-17(8-11-32)16-2-4-18(27)5-3-16/h2-6,9,12-14,17,31H,7-8,10-11H2,1H3. The normalized spacial score (nSPS) is 14.5. The highest BCUT2D eigenvalue weighted by Gasteiger charge is 2.27. The molecule has 9 heteroatoms. The molecule has 5 rings (SSSR count). The smallest absolute Gasteiger partial charge is 0.259 e. The van der Waals surface area contributed by atoms with Crippen molar-refractivity contribution >= 4 is 34.7 Å². The SMILES string of the molecule is Cc1cc(Nc2c(C(=O)N3CCC(c4ccc(F)cc4)CC3)cnc3ccnn23)c(Cl)cc1F. The van der Waals surface area contributed by atoms with E-state index in [1.165, 1.54) is 28.9 Å². The maximum atomic E-state index is 13.9. The number of aryl methyl sites for hydroxylation is 1. The van der Waals surface area contributed by atoms with E-state index < -0.39 is 5.82 Å². The minimum Gasteiger partial charge on any atom is -0.338 e. The number of aromatic nitrogens is 3. The van der Waals surface area contributed by atoms with Gasteiger partial charge in [0.25, 0.3) is 5.91 Å². The molecular weight excluding hydrogens is 460 g/mol. The van der Waals surface area contributed by atoms with Gasteiger partial charge in [-0.15, -0.1) is 0 Å². The summed E-state index contributed by atoms with van der Waals surface area (Å²) in [6, 6.07) is 11.1. The van der Waals surface area contributed by atoms with E-state index in [1.807, 2.05) is 12.1 Å². The van der Waals surface area contributed by atoms with Gasteiger partial charge in [0.05, 0.1) is 16.9 Å². The number of benzene rings is 2. The van der Waals surface area contributed by atoms with Gasteiger partial charge in [0.15, 0.2) is 5.65 Å². The Morgan fingerprint density at radius 2 is 1.85 bits per heavy atom. The number of likely N-dealkylation sites (tertiary alicyclic amines) is 1. The number of rotatable bonds is 4. The zero-order chi connectivity index (χ0) is 23.8. The predicted octanol–water partition coefficient (Wildman–Crippen LogP) is 5.73. The number of fused-ring (bicyclic) bond motifs is 1. The molecule has 0 unspecified atom stereocenters. The molecular formula is C25H22ClF2N5O. The topological polar surface area (TPSA) is 62.5 Å². The van der Waals surface area contributed by atoms with Crippen LogP contribution in [0.25, 0.3) is 5.65 Å². The Labute approximate surface area is 200 Å². The van der Waals surface area contributed by atoms with Gasteiger partial charge < -0.3 is 10.2 Å². The summed E-state index contributed by atoms with van der Waals surface area (Å²) < 4.78 is 28.7. The lowest BCUT2D eigenvalue weighted by atomic mass is 9.89. The molecule has 174 valence electrons. The van der Waals surface area contributed by atoms with Gasteiger partial charge in [-0.2, -0.15) is 9.61 Å². The quantitative estimate of drug-likeness (QED) is 0.404. The summed E-state index contributed by atoms with van der Waals surface area (Å²) >= 11 is 6.27. The Hall–Kier alpha value is -3.52. The van der Waals surface area contributed by atoms with Gasteiger partial charge in [-0.1, -0.05) is 23.7 Å². The van der Waals surface area contributed by atoms with Crippen LogP contribution in [0.3, 0.4) is 0 Å². The molecule has 1 aliphatic heterocycles. The van der Waals surface area contributed by atoms with Crippen LogP contribution >= 0.6 is 11.6 Å². The van der Waals surface area contributed by atoms with Crippen LogP contribution in [0.2, 0.25) is 5.02 Å². The molecule has 1 aliphatic rings. The Bertz CT molecular complexity index is 1360. The van der Waals surface area contributed by atoms with Gasteiger partial charge in [-0.25, -0.2) is 13.8 Å². The molecule has 0 radical (unpaired) electrons. The molecule has 3 heterocycles. The summed E-state index contributed by atoms with van der Waals surface area (Å²) in [4.78, 5) is 19.7. The number of piperidine rings is 1. The second kappa shape index (κ2) is 9.02. The maximum Gasteiger partial charge on any atom is 0.259 e. The number of hydrogen-bond donors (Lipinski definition) is 1. The Balaban J connectivity index is 1.42. The molecule has 4 aromatic rings. The molecule has 1 fully saturated rings. The first-order valence-electron chi connectivity index (χ1n) is 11.0. The molecule has 2 aromatic carbocycles. The van der Waals surface area contributed by atoms with Crippen LogP contribution in [0, 0.1) is 18.6 Å². The summed E-state index contributed by atoms with van der Waals surface area (Å²) in [7, 11) is 0. The first-order valence-corrected chi connectivity index (χ1v) is 11.4. The Morgan fingerprint density at radius 1 is 1.12 bits per heavy atom. The number of halogens is 3. The zero-order valence-electron chi connectivity index (χ0n) is 18.4. The van der Waals surface area contributed by atoms with E-state index >= 15 is 0 Å². The average molecular weight is 482 g/mol. The fraction of sp³-hybridized carbons (Fsp3) is 0.240. The number of nitrogens with zero attached hydrogens (tertiary/aromatic N) is 4. The molecule has 34 heavy (non-hydrogen) atoms. The molecule has 0 atom stereocenters. The van der Waals surface area contributed by atoms with Crippen molar-refractivity contribution in [3.05, 3.63) is 88.2 Å². The lowest BCUT2D eigenvalue weighted by Crippen LogP contribution is -2.38. The number of hydrogen-bond acceptors (Lipinski definition) is 4. The van der Waals surface area contributed by atoms with Crippen LogP contribution < -0.4 is 5.32 Å². The number of carbonyl (C=O) groups is 1. The fourth-order valence-corrected chi connectivity index (χ4v) is 4.55. The summed E-state index contributed by atoms with van der Waals surface area (Å²) in [5.74, 6) is -0.160. The van der Waals surface area contributed by atoms with Gasteiger partial charge in [-0.05, 0) is 61.1 Å². The van der Waals surface area contributed by atoms with Crippen molar-refractivity contribution < 1.29 is 13.6 Å². The molecule has 1 saturated heterocycles. The zero-order valence-corrected chi connectivity index (χ0v) is 19.2. The second-order valence-electron chi connectivity index (χ2n) is 8.45. The van der Waals surface area contributed by atoms with E-state index in [4.69, 9.17) is 11.6 Å². The molecule has 0 aliphatic carbocycles. The highest BCUT2D eigenvalue weighted by molar-refractivity contribution is 6.33. The maximum absolute atomic E-state index is 13.9. The van der Waals surface area contributed by atoms with Crippen LogP contribution in [-0.2, 0) is 0 Å². The van der Waals surface area contributed by atoms with Crippen LogP contribution in [0.5, 0.6) is 0 Å². The van der Waals surface area contributed by atoms with Crippen LogP contribution in [0.1, 0.15) is 40.2 Å². The van der Waals surface area contributed by atoms with Crippen molar-refractivity contribution in [2.45, 2.75) is 25.7 Å². The molecule has 0 saturated carbocycles. The molecule has 0 bridgehead atoms. The predicted molar refractivity (Wildman–Crippen MR) is 127 cm³/mol. The minimum atomic E-state index is -0.408. The molecule has 1 amide bonds. The minimum absolute atomic E-state index is 0.181. The lowest BCUT2D eigenvalue weighted by Gasteiger charge is -2.32. The molecule has 6 nitrogen and oxygen atoms in total. The van der Waals surface area contributed by atoms with Crippen molar-refractivity contribution in [1.82, 2.24) is 19.5 Å². The third-order valence-corrected chi connectivity index (χ3v) is 6.58. The van der Waals surface area contributed by atoms with Crippen molar-refractivity contribution in [3.63, 3.8) is 0 Å². The fourth-order valence-electron chi connectivity index (χ4n) is 4.35. The third-order valence-electron chi connectivity index (χ3n) is 6.27. The van der Waals surface area contributed by atoms with E-state index in [2.05, 4.69) is 15.4 Å². The first-order chi connectivity index (χ1) is 16.4. The first kappa shape index (κ1) is 22.3. The lowest BCUT2D eigenvalue weighted by molar-refractivity contribution is 0.0713. The number of amides is 1. The summed E-state index contributed by atoms with van der Waals surface area (Å²) in [5.41, 5.74) is 2.87. The van der Waals surface area contributed by atoms with Crippen LogP contribution in [-0.4, -0.2) is 38.5 Å². The third kappa shape index (κ3) is 4.21. The van der Waals surface area contributed by atoms with Crippen molar-refractivity contribution in [2.24, 2.45) is 0 Å². The summed E-state index contributed by atoms with van der Waals surface area (Å²) in [5, 5.41) is 7.67. The molecule has 2 aromatic heterocycles. The number of nitrogens with one attached hydrogen (secondary N) is 1. The summed E-state index contributed by atoms with van der Waals surface area (Å²) in [6.07, 6.45) is 4.67. The Morgan fingerprint density at radius 3 is 2.59 bits per heavy atom. The van der Waals surface area contributed by atoms with Crippen LogP contribution in [0.15, 0.2) is 54.9 Å². The van der Waals surface area contributed by atoms with E-state index in [0.29, 0.717) is 41.4 Å². The number of anilines is 2. The number of carbonyl (C=O) groups excluding carboxylic acids is 1. The van der Waals surface area contributed by atoms with E-state index in [0.717, 1.165) is 18.4 Å². The van der Waals surface area contributed by atoms with Crippen molar-refractivity contribution in [1.29, 1.82) is 0 Å². The second-order valence-corrected chi connectivity index (χ2v) is 8.85. The molecule has 1 N–H and O–H groups in total. The Kier molecular flexibility index (Phi) is 5.91. The highest BCUT2D eigenvalue weighted by atomic mass is 35.5. The average Bonchev–Trinajstić information content (AvgIpc) is 3.32. The van der Waals surface area contributed by atoms with Crippen LogP contribution in [0.4, 0.5) is 20.3 Å². The molecule has 0 spiro atoms.